The van der Waals surface area contributed by atoms with Crippen molar-refractivity contribution in [2.75, 3.05) is 33.4 Å². The first kappa shape index (κ1) is 24.6. The number of rotatable bonds is 10. The summed E-state index contributed by atoms with van der Waals surface area (Å²) in [6.07, 6.45) is -0.600. The molecule has 2 N–H and O–H groups in total. The molecular weight excluding hydrogens is 444 g/mol. The molecule has 1 aliphatic heterocycles. The third kappa shape index (κ3) is 7.21. The Balaban J connectivity index is 1.26. The molecule has 3 aromatic carbocycles. The van der Waals surface area contributed by atoms with Crippen molar-refractivity contribution < 1.29 is 24.1 Å². The molecule has 4 rings (SSSR count). The summed E-state index contributed by atoms with van der Waals surface area (Å²) in [6.45, 7) is 2.18. The molecule has 184 valence electrons. The lowest BCUT2D eigenvalue weighted by atomic mass is 10.1. The standard InChI is InChI=1S/C28H32N2O5/c1-33-24-11-7-12-25(16-24)34-20-23(31)17-29-28(32)14-15-30-18-22-10-5-6-13-26(22)35-27(19-30)21-8-3-2-4-9-21/h2-13,16,23,27,31H,14-15,17-20H2,1H3,(H,29,32)/t23-,27+/m1/s1. The maximum absolute atomic E-state index is 12.5. The topological polar surface area (TPSA) is 80.3 Å². The molecule has 0 bridgehead atoms. The number of ether oxygens (including phenoxy) is 3. The molecule has 0 radical (unpaired) electrons. The van der Waals surface area contributed by atoms with E-state index in [0.717, 1.165) is 16.9 Å². The number of aliphatic hydroxyl groups is 1. The second-order valence-corrected chi connectivity index (χ2v) is 8.56. The van der Waals surface area contributed by atoms with E-state index in [4.69, 9.17) is 14.2 Å². The summed E-state index contributed by atoms with van der Waals surface area (Å²) < 4.78 is 17.1. The Morgan fingerprint density at radius 1 is 1.09 bits per heavy atom. The molecule has 0 saturated carbocycles. The highest BCUT2D eigenvalue weighted by Gasteiger charge is 2.24. The summed E-state index contributed by atoms with van der Waals surface area (Å²) >= 11 is 0. The third-order valence-corrected chi connectivity index (χ3v) is 5.90. The van der Waals surface area contributed by atoms with Gasteiger partial charge in [0.25, 0.3) is 0 Å². The highest BCUT2D eigenvalue weighted by atomic mass is 16.5. The van der Waals surface area contributed by atoms with E-state index in [-0.39, 0.29) is 25.2 Å². The fourth-order valence-corrected chi connectivity index (χ4v) is 4.01. The Labute approximate surface area is 206 Å². The molecule has 0 fully saturated rings. The molecule has 0 aromatic heterocycles. The molecule has 35 heavy (non-hydrogen) atoms. The molecule has 0 spiro atoms. The van der Waals surface area contributed by atoms with Crippen molar-refractivity contribution in [3.63, 3.8) is 0 Å². The number of hydrogen-bond acceptors (Lipinski definition) is 6. The zero-order valence-corrected chi connectivity index (χ0v) is 19.9. The lowest BCUT2D eigenvalue weighted by Crippen LogP contribution is -2.37. The SMILES string of the molecule is COc1cccc(OC[C@H](O)CNC(=O)CCN2Cc3ccccc3O[C@H](c3ccccc3)C2)c1. The number of benzene rings is 3. The zero-order chi connectivity index (χ0) is 24.5. The Hall–Kier alpha value is -3.55. The van der Waals surface area contributed by atoms with Gasteiger partial charge >= 0.3 is 0 Å². The van der Waals surface area contributed by atoms with Crippen molar-refractivity contribution in [3.8, 4) is 17.2 Å². The molecule has 1 amide bonds. The van der Waals surface area contributed by atoms with Crippen LogP contribution < -0.4 is 19.5 Å². The van der Waals surface area contributed by atoms with Gasteiger partial charge in [-0.3, -0.25) is 9.69 Å². The van der Waals surface area contributed by atoms with Crippen LogP contribution in [0.4, 0.5) is 0 Å². The normalized spacial score (nSPS) is 16.3. The van der Waals surface area contributed by atoms with Gasteiger partial charge in [-0.05, 0) is 23.8 Å². The minimum Gasteiger partial charge on any atom is -0.497 e. The number of aliphatic hydroxyl groups excluding tert-OH is 1. The molecule has 0 unspecified atom stereocenters. The molecule has 7 nitrogen and oxygen atoms in total. The first-order valence-corrected chi connectivity index (χ1v) is 11.8. The number of fused-ring (bicyclic) bond motifs is 1. The van der Waals surface area contributed by atoms with Crippen LogP contribution in [0.2, 0.25) is 0 Å². The number of carbonyl (C=O) groups is 1. The minimum atomic E-state index is -0.814. The highest BCUT2D eigenvalue weighted by molar-refractivity contribution is 5.76. The van der Waals surface area contributed by atoms with Crippen molar-refractivity contribution in [2.45, 2.75) is 25.2 Å². The summed E-state index contributed by atoms with van der Waals surface area (Å²) in [5.74, 6) is 2.06. The second-order valence-electron chi connectivity index (χ2n) is 8.56. The number of nitrogens with zero attached hydrogens (tertiary/aromatic N) is 1. The van der Waals surface area contributed by atoms with Gasteiger partial charge < -0.3 is 24.6 Å². The van der Waals surface area contributed by atoms with E-state index >= 15 is 0 Å². The number of nitrogens with one attached hydrogen (secondary N) is 1. The molecule has 3 aromatic rings. The lowest BCUT2D eigenvalue weighted by molar-refractivity contribution is -0.122. The average Bonchev–Trinajstić information content (AvgIpc) is 3.09. The van der Waals surface area contributed by atoms with Crippen molar-refractivity contribution in [2.24, 2.45) is 0 Å². The summed E-state index contributed by atoms with van der Waals surface area (Å²) in [5, 5.41) is 13.0. The fraction of sp³-hybridized carbons (Fsp3) is 0.321. The Morgan fingerprint density at radius 2 is 1.86 bits per heavy atom. The largest absolute Gasteiger partial charge is 0.497 e. The Kier molecular flexibility index (Phi) is 8.59. The molecule has 1 heterocycles. The summed E-state index contributed by atoms with van der Waals surface area (Å²) in [4.78, 5) is 14.7. The van der Waals surface area contributed by atoms with Crippen molar-refractivity contribution in [3.05, 3.63) is 90.0 Å². The maximum Gasteiger partial charge on any atom is 0.221 e. The second kappa shape index (κ2) is 12.2. The van der Waals surface area contributed by atoms with Crippen molar-refractivity contribution >= 4 is 5.91 Å². The van der Waals surface area contributed by atoms with E-state index in [9.17, 15) is 9.90 Å². The van der Waals surface area contributed by atoms with Gasteiger partial charge in [-0.2, -0.15) is 0 Å². The van der Waals surface area contributed by atoms with E-state index in [1.807, 2.05) is 48.5 Å². The number of carbonyl (C=O) groups excluding carboxylic acids is 1. The molecule has 1 aliphatic rings. The fourth-order valence-electron chi connectivity index (χ4n) is 4.01. The van der Waals surface area contributed by atoms with Crippen LogP contribution in [0.1, 0.15) is 23.7 Å². The van der Waals surface area contributed by atoms with E-state index in [1.54, 1.807) is 19.2 Å². The smallest absolute Gasteiger partial charge is 0.221 e. The highest BCUT2D eigenvalue weighted by Crippen LogP contribution is 2.31. The van der Waals surface area contributed by atoms with Gasteiger partial charge in [0.1, 0.15) is 36.1 Å². The molecule has 0 saturated heterocycles. The van der Waals surface area contributed by atoms with Crippen molar-refractivity contribution in [1.82, 2.24) is 10.2 Å². The van der Waals surface area contributed by atoms with Crippen LogP contribution in [-0.4, -0.2) is 55.4 Å². The van der Waals surface area contributed by atoms with Gasteiger partial charge in [0.15, 0.2) is 0 Å². The molecular formula is C28H32N2O5. The van der Waals surface area contributed by atoms with Gasteiger partial charge in [-0.1, -0.05) is 54.6 Å². The van der Waals surface area contributed by atoms with Gasteiger partial charge in [0, 0.05) is 44.2 Å². The van der Waals surface area contributed by atoms with E-state index in [0.29, 0.717) is 37.6 Å². The van der Waals surface area contributed by atoms with Crippen LogP contribution in [0, 0.1) is 0 Å². The third-order valence-electron chi connectivity index (χ3n) is 5.90. The first-order valence-electron chi connectivity index (χ1n) is 11.8. The van der Waals surface area contributed by atoms with Gasteiger partial charge in [-0.25, -0.2) is 0 Å². The predicted molar refractivity (Wildman–Crippen MR) is 134 cm³/mol. The van der Waals surface area contributed by atoms with Crippen LogP contribution in [-0.2, 0) is 11.3 Å². The quantitative estimate of drug-likeness (QED) is 0.466. The maximum atomic E-state index is 12.5. The van der Waals surface area contributed by atoms with Crippen molar-refractivity contribution in [1.29, 1.82) is 0 Å². The summed E-state index contributed by atoms with van der Waals surface area (Å²) in [6, 6.07) is 25.4. The van der Waals surface area contributed by atoms with E-state index < -0.39 is 6.10 Å². The van der Waals surface area contributed by atoms with Crippen LogP contribution >= 0.6 is 0 Å². The van der Waals surface area contributed by atoms with Gasteiger partial charge in [-0.15, -0.1) is 0 Å². The molecule has 0 aliphatic carbocycles. The average molecular weight is 477 g/mol. The van der Waals surface area contributed by atoms with E-state index in [1.165, 1.54) is 0 Å². The number of amides is 1. The zero-order valence-electron chi connectivity index (χ0n) is 19.9. The van der Waals surface area contributed by atoms with Crippen LogP contribution in [0.15, 0.2) is 78.9 Å². The molecule has 2 atom stereocenters. The monoisotopic (exact) mass is 476 g/mol. The number of hydrogen-bond donors (Lipinski definition) is 2. The first-order chi connectivity index (χ1) is 17.1. The lowest BCUT2D eigenvalue weighted by Gasteiger charge is -2.24. The minimum absolute atomic E-state index is 0.0758. The number of para-hydroxylation sites is 1. The molecule has 7 heteroatoms. The summed E-state index contributed by atoms with van der Waals surface area (Å²) in [5.41, 5.74) is 2.22. The Morgan fingerprint density at radius 3 is 2.69 bits per heavy atom. The van der Waals surface area contributed by atoms with Crippen LogP contribution in [0.5, 0.6) is 17.2 Å². The Bertz CT molecular complexity index is 1090. The number of methoxy groups -OCH3 is 1. The summed E-state index contributed by atoms with van der Waals surface area (Å²) in [7, 11) is 1.59. The van der Waals surface area contributed by atoms with E-state index in [2.05, 4.69) is 28.4 Å². The predicted octanol–water partition coefficient (Wildman–Crippen LogP) is 3.58. The van der Waals surface area contributed by atoms with Crippen LogP contribution in [0.25, 0.3) is 0 Å². The van der Waals surface area contributed by atoms with Gasteiger partial charge in [0.05, 0.1) is 7.11 Å². The van der Waals surface area contributed by atoms with Gasteiger partial charge in [0.2, 0.25) is 5.91 Å². The van der Waals surface area contributed by atoms with Crippen LogP contribution in [0.3, 0.4) is 0 Å².